The van der Waals surface area contributed by atoms with Crippen LogP contribution in [0.1, 0.15) is 16.1 Å². The van der Waals surface area contributed by atoms with E-state index in [4.69, 9.17) is 0 Å². The second-order valence-electron chi connectivity index (χ2n) is 7.07. The van der Waals surface area contributed by atoms with E-state index in [-0.39, 0.29) is 43.6 Å². The fourth-order valence-electron chi connectivity index (χ4n) is 3.30. The first-order valence-electron chi connectivity index (χ1n) is 9.76. The first-order chi connectivity index (χ1) is 14.9. The van der Waals surface area contributed by atoms with E-state index in [0.29, 0.717) is 5.69 Å². The van der Waals surface area contributed by atoms with Crippen LogP contribution in [-0.4, -0.2) is 59.5 Å². The maximum absolute atomic E-state index is 13.1. The molecule has 0 N–H and O–H groups in total. The molecule has 31 heavy (non-hydrogen) atoms. The Morgan fingerprint density at radius 2 is 1.61 bits per heavy atom. The van der Waals surface area contributed by atoms with Crippen molar-refractivity contribution in [3.8, 4) is 5.69 Å². The lowest BCUT2D eigenvalue weighted by Crippen LogP contribution is -2.50. The third-order valence-corrected chi connectivity index (χ3v) is 6.58. The number of rotatable bonds is 5. The molecule has 7 nitrogen and oxygen atoms in total. The zero-order chi connectivity index (χ0) is 21.8. The largest absolute Gasteiger partial charge is 0.335 e. The van der Waals surface area contributed by atoms with E-state index in [1.54, 1.807) is 35.4 Å². The van der Waals surface area contributed by atoms with Crippen molar-refractivity contribution in [2.24, 2.45) is 0 Å². The Kier molecular flexibility index (Phi) is 5.97. The molecule has 9 heteroatoms. The van der Waals surface area contributed by atoms with Crippen LogP contribution >= 0.6 is 0 Å². The fourth-order valence-corrected chi connectivity index (χ4v) is 4.47. The molecule has 1 amide bonds. The lowest BCUT2D eigenvalue weighted by atomic mass is 10.2. The molecule has 160 valence electrons. The third kappa shape index (κ3) is 4.89. The number of sulfonamides is 1. The molecule has 4 rings (SSSR count). The summed E-state index contributed by atoms with van der Waals surface area (Å²) < 4.78 is 41.1. The van der Waals surface area contributed by atoms with Crippen molar-refractivity contribution in [2.45, 2.75) is 0 Å². The summed E-state index contributed by atoms with van der Waals surface area (Å²) in [7, 11) is -3.57. The molecule has 0 radical (unpaired) electrons. The molecule has 2 aromatic carbocycles. The molecule has 3 aromatic rings. The van der Waals surface area contributed by atoms with Crippen LogP contribution in [0.5, 0.6) is 0 Å². The van der Waals surface area contributed by atoms with Crippen molar-refractivity contribution < 1.29 is 17.6 Å². The van der Waals surface area contributed by atoms with Crippen LogP contribution in [0.15, 0.2) is 72.3 Å². The normalized spacial score (nSPS) is 15.5. The van der Waals surface area contributed by atoms with Gasteiger partial charge in [0.2, 0.25) is 10.0 Å². The van der Waals surface area contributed by atoms with Crippen molar-refractivity contribution in [1.82, 2.24) is 19.0 Å². The highest BCUT2D eigenvalue weighted by atomic mass is 32.2. The van der Waals surface area contributed by atoms with Crippen LogP contribution in [0.4, 0.5) is 4.39 Å². The number of hydrogen-bond donors (Lipinski definition) is 0. The van der Waals surface area contributed by atoms with Gasteiger partial charge in [-0.15, -0.1) is 0 Å². The van der Waals surface area contributed by atoms with E-state index in [1.165, 1.54) is 26.5 Å². The van der Waals surface area contributed by atoms with Crippen molar-refractivity contribution >= 4 is 22.0 Å². The lowest BCUT2D eigenvalue weighted by Gasteiger charge is -2.32. The predicted molar refractivity (Wildman–Crippen MR) is 115 cm³/mol. The van der Waals surface area contributed by atoms with Gasteiger partial charge in [0, 0.05) is 37.8 Å². The summed E-state index contributed by atoms with van der Waals surface area (Å²) in [6.45, 7) is 0.985. The van der Waals surface area contributed by atoms with Crippen molar-refractivity contribution in [2.75, 3.05) is 26.2 Å². The van der Waals surface area contributed by atoms with Gasteiger partial charge in [-0.25, -0.2) is 17.5 Å². The number of amides is 1. The van der Waals surface area contributed by atoms with Crippen LogP contribution in [0.25, 0.3) is 11.8 Å². The molecule has 2 heterocycles. The van der Waals surface area contributed by atoms with Gasteiger partial charge in [0.1, 0.15) is 5.82 Å². The molecule has 0 saturated carbocycles. The lowest BCUT2D eigenvalue weighted by molar-refractivity contribution is 0.0692. The van der Waals surface area contributed by atoms with Crippen LogP contribution in [0, 0.1) is 5.82 Å². The quantitative estimate of drug-likeness (QED) is 0.612. The minimum Gasteiger partial charge on any atom is -0.335 e. The number of halogens is 1. The summed E-state index contributed by atoms with van der Waals surface area (Å²) in [5, 5.41) is 5.47. The minimum absolute atomic E-state index is 0.214. The van der Waals surface area contributed by atoms with E-state index < -0.39 is 10.0 Å². The van der Waals surface area contributed by atoms with E-state index in [2.05, 4.69) is 5.10 Å². The molecule has 1 fully saturated rings. The number of piperazine rings is 1. The van der Waals surface area contributed by atoms with E-state index >= 15 is 0 Å². The average molecular weight is 441 g/mol. The summed E-state index contributed by atoms with van der Waals surface area (Å²) in [4.78, 5) is 14.4. The fraction of sp³-hybridized carbons (Fsp3) is 0.182. The zero-order valence-electron chi connectivity index (χ0n) is 16.6. The minimum atomic E-state index is -3.57. The first-order valence-corrected chi connectivity index (χ1v) is 11.3. The van der Waals surface area contributed by atoms with Gasteiger partial charge in [-0.3, -0.25) is 4.79 Å². The van der Waals surface area contributed by atoms with Gasteiger partial charge in [0.05, 0.1) is 5.69 Å². The monoisotopic (exact) mass is 440 g/mol. The van der Waals surface area contributed by atoms with Crippen molar-refractivity contribution in [3.05, 3.63) is 89.3 Å². The molecule has 1 aliphatic rings. The Morgan fingerprint density at radius 1 is 0.935 bits per heavy atom. The maximum atomic E-state index is 13.1. The standard InChI is InChI=1S/C22H21FN4O3S/c23-19-6-8-20(9-7-19)27-12-10-21(24-27)22(28)25-13-15-26(16-14-25)31(29,30)17-11-18-4-2-1-3-5-18/h1-12,17H,13-16H2/b17-11+. The number of benzene rings is 2. The van der Waals surface area contributed by atoms with Gasteiger partial charge < -0.3 is 4.90 Å². The number of aromatic nitrogens is 2. The van der Waals surface area contributed by atoms with E-state index in [9.17, 15) is 17.6 Å². The second-order valence-corrected chi connectivity index (χ2v) is 8.89. The van der Waals surface area contributed by atoms with Gasteiger partial charge in [0.15, 0.2) is 5.69 Å². The van der Waals surface area contributed by atoms with Crippen molar-refractivity contribution in [3.63, 3.8) is 0 Å². The topological polar surface area (TPSA) is 75.5 Å². The van der Waals surface area contributed by atoms with Crippen molar-refractivity contribution in [1.29, 1.82) is 0 Å². The highest BCUT2D eigenvalue weighted by Crippen LogP contribution is 2.15. The Morgan fingerprint density at radius 3 is 2.29 bits per heavy atom. The van der Waals surface area contributed by atoms with E-state index in [0.717, 1.165) is 5.56 Å². The number of hydrogen-bond acceptors (Lipinski definition) is 4. The molecular formula is C22H21FN4O3S. The zero-order valence-corrected chi connectivity index (χ0v) is 17.5. The Balaban J connectivity index is 1.38. The van der Waals surface area contributed by atoms with Gasteiger partial charge in [-0.2, -0.15) is 9.40 Å². The van der Waals surface area contributed by atoms with Gasteiger partial charge in [0.25, 0.3) is 5.91 Å². The molecule has 0 unspecified atom stereocenters. The summed E-state index contributed by atoms with van der Waals surface area (Å²) in [6, 6.07) is 16.6. The van der Waals surface area contributed by atoms with Crippen LogP contribution in [0.3, 0.4) is 0 Å². The smallest absolute Gasteiger partial charge is 0.274 e. The number of carbonyl (C=O) groups is 1. The summed E-state index contributed by atoms with van der Waals surface area (Å²) in [5.41, 5.74) is 1.70. The van der Waals surface area contributed by atoms with Gasteiger partial charge in [-0.1, -0.05) is 30.3 Å². The SMILES string of the molecule is O=C(c1ccn(-c2ccc(F)cc2)n1)N1CCN(S(=O)(=O)/C=C/c2ccccc2)CC1. The molecule has 0 bridgehead atoms. The summed E-state index contributed by atoms with van der Waals surface area (Å²) >= 11 is 0. The molecule has 1 saturated heterocycles. The van der Waals surface area contributed by atoms with Crippen LogP contribution in [0.2, 0.25) is 0 Å². The number of carbonyl (C=O) groups excluding carboxylic acids is 1. The maximum Gasteiger partial charge on any atom is 0.274 e. The van der Waals surface area contributed by atoms with Gasteiger partial charge in [-0.05, 0) is 42.0 Å². The Bertz CT molecular complexity index is 1180. The van der Waals surface area contributed by atoms with Gasteiger partial charge >= 0.3 is 0 Å². The Hall–Kier alpha value is -3.30. The third-order valence-electron chi connectivity index (χ3n) is 5.02. The Labute approximate surface area is 180 Å². The summed E-state index contributed by atoms with van der Waals surface area (Å²) in [5.74, 6) is -0.614. The molecule has 1 aromatic heterocycles. The molecule has 1 aliphatic heterocycles. The molecule has 0 aliphatic carbocycles. The molecule has 0 spiro atoms. The van der Waals surface area contributed by atoms with Crippen LogP contribution < -0.4 is 0 Å². The number of nitrogens with zero attached hydrogens (tertiary/aromatic N) is 4. The summed E-state index contributed by atoms with van der Waals surface area (Å²) in [6.07, 6.45) is 3.20. The van der Waals surface area contributed by atoms with Crippen LogP contribution in [-0.2, 0) is 10.0 Å². The molecule has 0 atom stereocenters. The van der Waals surface area contributed by atoms with E-state index in [1.807, 2.05) is 30.3 Å². The highest BCUT2D eigenvalue weighted by Gasteiger charge is 2.28. The average Bonchev–Trinajstić information content (AvgIpc) is 3.29. The predicted octanol–water partition coefficient (Wildman–Crippen LogP) is 2.77. The highest BCUT2D eigenvalue weighted by molar-refractivity contribution is 7.92. The second kappa shape index (κ2) is 8.83. The first kappa shape index (κ1) is 21.0. The molecular weight excluding hydrogens is 419 g/mol.